The fraction of sp³-hybridized carbons (Fsp3) is 0.316. The van der Waals surface area contributed by atoms with Crippen LogP contribution in [-0.4, -0.2) is 12.5 Å². The summed E-state index contributed by atoms with van der Waals surface area (Å²) in [5.41, 5.74) is 2.01. The third-order valence-electron chi connectivity index (χ3n) is 3.56. The van der Waals surface area contributed by atoms with E-state index in [1.54, 1.807) is 18.2 Å². The van der Waals surface area contributed by atoms with Gasteiger partial charge in [-0.3, -0.25) is 4.79 Å². The molecule has 0 atom stereocenters. The van der Waals surface area contributed by atoms with Gasteiger partial charge in [0.05, 0.1) is 11.6 Å². The molecule has 0 aliphatic carbocycles. The van der Waals surface area contributed by atoms with Crippen molar-refractivity contribution in [2.45, 2.75) is 32.6 Å². The highest BCUT2D eigenvalue weighted by Gasteiger charge is 2.09. The van der Waals surface area contributed by atoms with Crippen molar-refractivity contribution in [1.29, 1.82) is 0 Å². The Morgan fingerprint density at radius 1 is 1.17 bits per heavy atom. The van der Waals surface area contributed by atoms with E-state index in [1.807, 2.05) is 24.3 Å². The molecule has 24 heavy (non-hydrogen) atoms. The zero-order valence-electron chi connectivity index (χ0n) is 13.8. The molecule has 0 saturated heterocycles. The molecule has 0 saturated carbocycles. The molecule has 1 N–H and O–H groups in total. The van der Waals surface area contributed by atoms with Crippen molar-refractivity contribution in [2.24, 2.45) is 0 Å². The Bertz CT molecular complexity index is 702. The maximum atomic E-state index is 12.1. The SMILES string of the molecule is CC(C)c1ccccc1NC(=O)CCCOc1ccc(Cl)cc1Cl. The van der Waals surface area contributed by atoms with Gasteiger partial charge in [0.25, 0.3) is 0 Å². The Balaban J connectivity index is 1.80. The predicted octanol–water partition coefficient (Wildman–Crippen LogP) is 5.91. The largest absolute Gasteiger partial charge is 0.492 e. The Kier molecular flexibility index (Phi) is 6.95. The molecule has 2 rings (SSSR count). The van der Waals surface area contributed by atoms with Crippen molar-refractivity contribution in [1.82, 2.24) is 0 Å². The van der Waals surface area contributed by atoms with Crippen molar-refractivity contribution < 1.29 is 9.53 Å². The first kappa shape index (κ1) is 18.6. The van der Waals surface area contributed by atoms with Crippen LogP contribution in [0.2, 0.25) is 10.0 Å². The van der Waals surface area contributed by atoms with E-state index < -0.39 is 0 Å². The summed E-state index contributed by atoms with van der Waals surface area (Å²) in [5.74, 6) is 0.914. The van der Waals surface area contributed by atoms with Crippen LogP contribution in [0, 0.1) is 0 Å². The second kappa shape index (κ2) is 8.95. The molecule has 0 aliphatic rings. The smallest absolute Gasteiger partial charge is 0.224 e. The summed E-state index contributed by atoms with van der Waals surface area (Å²) in [4.78, 5) is 12.1. The van der Waals surface area contributed by atoms with Gasteiger partial charge in [0.1, 0.15) is 5.75 Å². The standard InChI is InChI=1S/C19H21Cl2NO2/c1-13(2)15-6-3-4-7-17(15)22-19(23)8-5-11-24-18-10-9-14(20)12-16(18)21/h3-4,6-7,9-10,12-13H,5,8,11H2,1-2H3,(H,22,23). The number of carbonyl (C=O) groups is 1. The number of nitrogens with one attached hydrogen (secondary N) is 1. The Labute approximate surface area is 152 Å². The van der Waals surface area contributed by atoms with Crippen LogP contribution in [0.4, 0.5) is 5.69 Å². The van der Waals surface area contributed by atoms with Crippen molar-refractivity contribution >= 4 is 34.8 Å². The highest BCUT2D eigenvalue weighted by atomic mass is 35.5. The fourth-order valence-electron chi connectivity index (χ4n) is 2.33. The lowest BCUT2D eigenvalue weighted by Gasteiger charge is -2.13. The van der Waals surface area contributed by atoms with Crippen LogP contribution in [0.25, 0.3) is 0 Å². The monoisotopic (exact) mass is 365 g/mol. The first-order valence-electron chi connectivity index (χ1n) is 7.94. The molecule has 2 aromatic carbocycles. The molecule has 0 spiro atoms. The van der Waals surface area contributed by atoms with E-state index >= 15 is 0 Å². The highest BCUT2D eigenvalue weighted by molar-refractivity contribution is 6.35. The highest BCUT2D eigenvalue weighted by Crippen LogP contribution is 2.27. The number of amides is 1. The lowest BCUT2D eigenvalue weighted by atomic mass is 10.0. The number of benzene rings is 2. The zero-order valence-corrected chi connectivity index (χ0v) is 15.3. The van der Waals surface area contributed by atoms with Gasteiger partial charge in [0, 0.05) is 17.1 Å². The van der Waals surface area contributed by atoms with E-state index in [9.17, 15) is 4.79 Å². The van der Waals surface area contributed by atoms with Crippen LogP contribution in [0.15, 0.2) is 42.5 Å². The minimum Gasteiger partial charge on any atom is -0.492 e. The summed E-state index contributed by atoms with van der Waals surface area (Å²) in [6, 6.07) is 12.9. The Morgan fingerprint density at radius 2 is 1.92 bits per heavy atom. The average Bonchev–Trinajstić information content (AvgIpc) is 2.53. The third-order valence-corrected chi connectivity index (χ3v) is 4.09. The molecule has 1 amide bonds. The van der Waals surface area contributed by atoms with Gasteiger partial charge in [-0.25, -0.2) is 0 Å². The average molecular weight is 366 g/mol. The number of halogens is 2. The van der Waals surface area contributed by atoms with E-state index in [0.717, 1.165) is 11.3 Å². The molecule has 0 aliphatic heterocycles. The van der Waals surface area contributed by atoms with Crippen molar-refractivity contribution in [3.63, 3.8) is 0 Å². The predicted molar refractivity (Wildman–Crippen MR) is 100 cm³/mol. The van der Waals surface area contributed by atoms with Crippen LogP contribution in [0.5, 0.6) is 5.75 Å². The van der Waals surface area contributed by atoms with Crippen LogP contribution in [0.1, 0.15) is 38.2 Å². The van der Waals surface area contributed by atoms with Crippen LogP contribution < -0.4 is 10.1 Å². The van der Waals surface area contributed by atoms with Gasteiger partial charge in [0.15, 0.2) is 0 Å². The number of hydrogen-bond donors (Lipinski definition) is 1. The summed E-state index contributed by atoms with van der Waals surface area (Å²) in [7, 11) is 0. The zero-order chi connectivity index (χ0) is 17.5. The number of rotatable bonds is 7. The van der Waals surface area contributed by atoms with E-state index in [1.165, 1.54) is 0 Å². The quantitative estimate of drug-likeness (QED) is 0.618. The second-order valence-corrected chi connectivity index (χ2v) is 6.66. The molecule has 0 bridgehead atoms. The molecule has 2 aromatic rings. The van der Waals surface area contributed by atoms with E-state index in [4.69, 9.17) is 27.9 Å². The van der Waals surface area contributed by atoms with Gasteiger partial charge in [-0.1, -0.05) is 55.2 Å². The fourth-order valence-corrected chi connectivity index (χ4v) is 2.80. The van der Waals surface area contributed by atoms with Crippen molar-refractivity contribution in [3.8, 4) is 5.75 Å². The first-order chi connectivity index (χ1) is 11.5. The maximum absolute atomic E-state index is 12.1. The summed E-state index contributed by atoms with van der Waals surface area (Å²) in [5, 5.41) is 4.01. The maximum Gasteiger partial charge on any atom is 0.224 e. The normalized spacial score (nSPS) is 10.7. The van der Waals surface area contributed by atoms with Gasteiger partial charge in [-0.2, -0.15) is 0 Å². The number of carbonyl (C=O) groups excluding carboxylic acids is 1. The topological polar surface area (TPSA) is 38.3 Å². The molecule has 0 aromatic heterocycles. The molecule has 5 heteroatoms. The van der Waals surface area contributed by atoms with Gasteiger partial charge >= 0.3 is 0 Å². The number of ether oxygens (including phenoxy) is 1. The second-order valence-electron chi connectivity index (χ2n) is 5.82. The Morgan fingerprint density at radius 3 is 2.62 bits per heavy atom. The molecule has 0 fully saturated rings. The van der Waals surface area contributed by atoms with E-state index in [2.05, 4.69) is 19.2 Å². The minimum absolute atomic E-state index is 0.0195. The van der Waals surface area contributed by atoms with Crippen LogP contribution >= 0.6 is 23.2 Å². The number of para-hydroxylation sites is 1. The molecule has 0 heterocycles. The van der Waals surface area contributed by atoms with Crippen molar-refractivity contribution in [2.75, 3.05) is 11.9 Å². The molecule has 3 nitrogen and oxygen atoms in total. The molecule has 128 valence electrons. The summed E-state index contributed by atoms with van der Waals surface area (Å²) < 4.78 is 5.58. The molecule has 0 unspecified atom stereocenters. The lowest BCUT2D eigenvalue weighted by Crippen LogP contribution is -2.14. The van der Waals surface area contributed by atoms with Crippen LogP contribution in [0.3, 0.4) is 0 Å². The number of hydrogen-bond acceptors (Lipinski definition) is 2. The first-order valence-corrected chi connectivity index (χ1v) is 8.69. The molecular formula is C19H21Cl2NO2. The lowest BCUT2D eigenvalue weighted by molar-refractivity contribution is -0.116. The molecular weight excluding hydrogens is 345 g/mol. The summed E-state index contributed by atoms with van der Waals surface area (Å²) >= 11 is 11.9. The third kappa shape index (κ3) is 5.43. The van der Waals surface area contributed by atoms with Crippen LogP contribution in [-0.2, 0) is 4.79 Å². The van der Waals surface area contributed by atoms with E-state index in [0.29, 0.717) is 41.2 Å². The van der Waals surface area contributed by atoms with Crippen molar-refractivity contribution in [3.05, 3.63) is 58.1 Å². The van der Waals surface area contributed by atoms with Gasteiger partial charge in [-0.15, -0.1) is 0 Å². The molecule has 0 radical (unpaired) electrons. The Hall–Kier alpha value is -1.71. The van der Waals surface area contributed by atoms with E-state index in [-0.39, 0.29) is 5.91 Å². The van der Waals surface area contributed by atoms with Gasteiger partial charge in [0.2, 0.25) is 5.91 Å². The minimum atomic E-state index is -0.0195. The van der Waals surface area contributed by atoms with Gasteiger partial charge in [-0.05, 0) is 42.2 Å². The number of anilines is 1. The summed E-state index contributed by atoms with van der Waals surface area (Å²) in [6.45, 7) is 4.63. The summed E-state index contributed by atoms with van der Waals surface area (Å²) in [6.07, 6.45) is 0.992. The van der Waals surface area contributed by atoms with Gasteiger partial charge < -0.3 is 10.1 Å².